The molecule has 0 unspecified atom stereocenters. The molecular weight excluding hydrogens is 306 g/mol. The number of ether oxygens (including phenoxy) is 1. The van der Waals surface area contributed by atoms with Crippen LogP contribution in [0.3, 0.4) is 0 Å². The quantitative estimate of drug-likeness (QED) is 0.851. The molecule has 0 radical (unpaired) electrons. The number of hydrogen-bond acceptors (Lipinski definition) is 5. The van der Waals surface area contributed by atoms with Gasteiger partial charge in [-0.25, -0.2) is 13.2 Å². The number of sulfone groups is 1. The van der Waals surface area contributed by atoms with Crippen LogP contribution in [0.15, 0.2) is 35.2 Å². The molecule has 1 aliphatic rings. The minimum Gasteiger partial charge on any atom is -0.444 e. The minimum absolute atomic E-state index is 0.0486. The van der Waals surface area contributed by atoms with Crippen LogP contribution < -0.4 is 5.32 Å². The molecule has 0 aromatic heterocycles. The van der Waals surface area contributed by atoms with Gasteiger partial charge in [0.2, 0.25) is 0 Å². The number of carbonyl (C=O) groups excluding carboxylic acids is 2. The third kappa shape index (κ3) is 3.30. The molecule has 22 heavy (non-hydrogen) atoms. The Labute approximate surface area is 129 Å². The SMILES string of the molecule is CC(C)(C)OC(=O)N[C@@]1(C=O)C[C@H]1S(=O)(=O)c1ccccc1. The molecule has 1 saturated carbocycles. The fourth-order valence-electron chi connectivity index (χ4n) is 2.19. The standard InChI is InChI=1S/C15H19NO5S/c1-14(2,3)21-13(18)16-15(10-17)9-12(15)22(19,20)11-7-5-4-6-8-11/h4-8,10,12H,9H2,1-3H3,(H,16,18)/t12-,15-/m1/s1. The van der Waals surface area contributed by atoms with Gasteiger partial charge < -0.3 is 14.8 Å². The van der Waals surface area contributed by atoms with Gasteiger partial charge in [0.05, 0.1) is 10.1 Å². The molecule has 0 aliphatic heterocycles. The molecule has 6 nitrogen and oxygen atoms in total. The lowest BCUT2D eigenvalue weighted by molar-refractivity contribution is -0.110. The van der Waals surface area contributed by atoms with Crippen molar-refractivity contribution in [3.8, 4) is 0 Å². The Morgan fingerprint density at radius 1 is 1.32 bits per heavy atom. The molecule has 1 fully saturated rings. The third-order valence-electron chi connectivity index (χ3n) is 3.33. The maximum atomic E-state index is 12.5. The van der Waals surface area contributed by atoms with Crippen LogP contribution in [0.2, 0.25) is 0 Å². The van der Waals surface area contributed by atoms with E-state index in [0.29, 0.717) is 6.29 Å². The summed E-state index contributed by atoms with van der Waals surface area (Å²) in [5.74, 6) is 0. The number of carbonyl (C=O) groups is 2. The summed E-state index contributed by atoms with van der Waals surface area (Å²) in [6.07, 6.45) is -0.278. The van der Waals surface area contributed by atoms with E-state index in [4.69, 9.17) is 4.74 Å². The van der Waals surface area contributed by atoms with Crippen molar-refractivity contribution < 1.29 is 22.7 Å². The Kier molecular flexibility index (Phi) is 4.04. The lowest BCUT2D eigenvalue weighted by Gasteiger charge is -2.21. The summed E-state index contributed by atoms with van der Waals surface area (Å²) in [6.45, 7) is 5.06. The number of aldehydes is 1. The molecule has 0 spiro atoms. The van der Waals surface area contributed by atoms with Crippen LogP contribution in [0.25, 0.3) is 0 Å². The van der Waals surface area contributed by atoms with E-state index in [0.717, 1.165) is 0 Å². The first-order valence-corrected chi connectivity index (χ1v) is 8.42. The molecule has 2 atom stereocenters. The van der Waals surface area contributed by atoms with Crippen LogP contribution in [0.1, 0.15) is 27.2 Å². The Bertz CT molecular complexity index is 678. The van der Waals surface area contributed by atoms with Gasteiger partial charge in [-0.15, -0.1) is 0 Å². The highest BCUT2D eigenvalue weighted by molar-refractivity contribution is 7.92. The van der Waals surface area contributed by atoms with Crippen molar-refractivity contribution in [1.29, 1.82) is 0 Å². The highest BCUT2D eigenvalue weighted by Crippen LogP contribution is 2.43. The lowest BCUT2D eigenvalue weighted by Crippen LogP contribution is -2.45. The van der Waals surface area contributed by atoms with Gasteiger partial charge in [0.1, 0.15) is 17.4 Å². The summed E-state index contributed by atoms with van der Waals surface area (Å²) in [5, 5.41) is 1.43. The van der Waals surface area contributed by atoms with E-state index in [9.17, 15) is 18.0 Å². The molecule has 120 valence electrons. The first kappa shape index (κ1) is 16.5. The van der Waals surface area contributed by atoms with E-state index in [2.05, 4.69) is 5.32 Å². The van der Waals surface area contributed by atoms with Gasteiger partial charge in [-0.3, -0.25) is 0 Å². The Morgan fingerprint density at radius 2 is 1.91 bits per heavy atom. The minimum atomic E-state index is -3.68. The van der Waals surface area contributed by atoms with E-state index < -0.39 is 32.3 Å². The summed E-state index contributed by atoms with van der Waals surface area (Å²) in [4.78, 5) is 23.3. The molecule has 1 aromatic carbocycles. The summed E-state index contributed by atoms with van der Waals surface area (Å²) in [5.41, 5.74) is -2.13. The monoisotopic (exact) mass is 325 g/mol. The van der Waals surface area contributed by atoms with Gasteiger partial charge in [-0.2, -0.15) is 0 Å². The van der Waals surface area contributed by atoms with E-state index in [1.165, 1.54) is 12.1 Å². The third-order valence-corrected chi connectivity index (χ3v) is 5.59. The smallest absolute Gasteiger partial charge is 0.408 e. The van der Waals surface area contributed by atoms with E-state index in [1.54, 1.807) is 39.0 Å². The van der Waals surface area contributed by atoms with Gasteiger partial charge in [0.15, 0.2) is 9.84 Å². The Balaban J connectivity index is 2.16. The molecule has 2 rings (SSSR count). The lowest BCUT2D eigenvalue weighted by atomic mass is 10.2. The average molecular weight is 325 g/mol. The topological polar surface area (TPSA) is 89.5 Å². The van der Waals surface area contributed by atoms with E-state index in [-0.39, 0.29) is 11.3 Å². The number of amides is 1. The largest absolute Gasteiger partial charge is 0.444 e. The fourth-order valence-corrected chi connectivity index (χ4v) is 4.22. The molecule has 1 amide bonds. The van der Waals surface area contributed by atoms with Crippen molar-refractivity contribution in [2.24, 2.45) is 0 Å². The van der Waals surface area contributed by atoms with Crippen molar-refractivity contribution in [2.75, 3.05) is 0 Å². The van der Waals surface area contributed by atoms with Crippen LogP contribution in [0, 0.1) is 0 Å². The molecule has 0 saturated heterocycles. The van der Waals surface area contributed by atoms with Gasteiger partial charge in [-0.05, 0) is 39.3 Å². The number of nitrogens with one attached hydrogen (secondary N) is 1. The molecule has 7 heteroatoms. The zero-order valence-electron chi connectivity index (χ0n) is 12.7. The number of hydrogen-bond donors (Lipinski definition) is 1. The molecule has 0 heterocycles. The Hall–Kier alpha value is -1.89. The van der Waals surface area contributed by atoms with Gasteiger partial charge >= 0.3 is 6.09 Å². The number of alkyl carbamates (subject to hydrolysis) is 1. The van der Waals surface area contributed by atoms with Crippen molar-refractivity contribution in [3.05, 3.63) is 30.3 Å². The van der Waals surface area contributed by atoms with Crippen LogP contribution in [0.4, 0.5) is 4.79 Å². The molecule has 1 N–H and O–H groups in total. The average Bonchev–Trinajstić information content (AvgIpc) is 3.13. The predicted molar refractivity (Wildman–Crippen MR) is 80.2 cm³/mol. The van der Waals surface area contributed by atoms with Crippen molar-refractivity contribution >= 4 is 22.2 Å². The second-order valence-electron chi connectivity index (χ2n) is 6.34. The van der Waals surface area contributed by atoms with Crippen molar-refractivity contribution in [3.63, 3.8) is 0 Å². The first-order chi connectivity index (χ1) is 10.1. The highest BCUT2D eigenvalue weighted by atomic mass is 32.2. The van der Waals surface area contributed by atoms with Crippen LogP contribution in [0.5, 0.6) is 0 Å². The van der Waals surface area contributed by atoms with Gasteiger partial charge in [0.25, 0.3) is 0 Å². The molecular formula is C15H19NO5S. The normalized spacial score (nSPS) is 24.4. The number of rotatable bonds is 4. The summed E-state index contributed by atoms with van der Waals surface area (Å²) < 4.78 is 30.0. The first-order valence-electron chi connectivity index (χ1n) is 6.87. The summed E-state index contributed by atoms with van der Waals surface area (Å²) in [7, 11) is -3.68. The van der Waals surface area contributed by atoms with E-state index >= 15 is 0 Å². The zero-order chi connectivity index (χ0) is 16.6. The molecule has 1 aromatic rings. The molecule has 0 bridgehead atoms. The summed E-state index contributed by atoms with van der Waals surface area (Å²) >= 11 is 0. The van der Waals surface area contributed by atoms with Crippen molar-refractivity contribution in [1.82, 2.24) is 5.32 Å². The summed E-state index contributed by atoms with van der Waals surface area (Å²) in [6, 6.07) is 7.86. The fraction of sp³-hybridized carbons (Fsp3) is 0.467. The van der Waals surface area contributed by atoms with E-state index in [1.807, 2.05) is 0 Å². The van der Waals surface area contributed by atoms with Crippen molar-refractivity contribution in [2.45, 2.75) is 48.5 Å². The van der Waals surface area contributed by atoms with Crippen LogP contribution in [-0.4, -0.2) is 37.2 Å². The second-order valence-corrected chi connectivity index (χ2v) is 8.47. The molecule has 1 aliphatic carbocycles. The van der Waals surface area contributed by atoms with Crippen LogP contribution in [-0.2, 0) is 19.4 Å². The highest BCUT2D eigenvalue weighted by Gasteiger charge is 2.63. The zero-order valence-corrected chi connectivity index (χ0v) is 13.5. The second kappa shape index (κ2) is 5.39. The van der Waals surface area contributed by atoms with Crippen LogP contribution >= 0.6 is 0 Å². The Morgan fingerprint density at radius 3 is 2.41 bits per heavy atom. The number of benzene rings is 1. The van der Waals surface area contributed by atoms with Gasteiger partial charge in [0, 0.05) is 0 Å². The maximum Gasteiger partial charge on any atom is 0.408 e. The van der Waals surface area contributed by atoms with Gasteiger partial charge in [-0.1, -0.05) is 18.2 Å². The maximum absolute atomic E-state index is 12.5. The predicted octanol–water partition coefficient (Wildman–Crippen LogP) is 1.70.